The summed E-state index contributed by atoms with van der Waals surface area (Å²) in [5.41, 5.74) is -0.176. The Kier molecular flexibility index (Phi) is 6.69. The van der Waals surface area contributed by atoms with E-state index >= 15 is 0 Å². The van der Waals surface area contributed by atoms with E-state index in [9.17, 15) is 9.67 Å². The molecule has 0 spiro atoms. The maximum Gasteiger partial charge on any atom is 0.189 e. The number of rotatable bonds is 6. The summed E-state index contributed by atoms with van der Waals surface area (Å²) in [6, 6.07) is 0. The van der Waals surface area contributed by atoms with Crippen LogP contribution in [0, 0.1) is 11.3 Å². The van der Waals surface area contributed by atoms with Gasteiger partial charge in [0.1, 0.15) is 0 Å². The number of aliphatic hydroxyl groups excluding tert-OH is 2. The molecule has 0 aliphatic carbocycles. The lowest BCUT2D eigenvalue weighted by Gasteiger charge is -2.27. The maximum absolute atomic E-state index is 10.6. The van der Waals surface area contributed by atoms with Crippen molar-refractivity contribution in [3.63, 3.8) is 0 Å². The largest absolute Gasteiger partial charge is 0.396 e. The SMILES string of the molecule is CC(C)(C)C(O)CCC(CO)C[PH](=O)O. The van der Waals surface area contributed by atoms with Crippen LogP contribution in [0.2, 0.25) is 0 Å². The first-order valence-corrected chi connectivity index (χ1v) is 6.84. The van der Waals surface area contributed by atoms with Gasteiger partial charge in [0.15, 0.2) is 8.03 Å². The summed E-state index contributed by atoms with van der Waals surface area (Å²) in [6.07, 6.45) is 0.862. The summed E-state index contributed by atoms with van der Waals surface area (Å²) < 4.78 is 10.6. The zero-order valence-corrected chi connectivity index (χ0v) is 10.7. The van der Waals surface area contributed by atoms with Gasteiger partial charge in [-0.2, -0.15) is 0 Å². The van der Waals surface area contributed by atoms with Crippen molar-refractivity contribution < 1.29 is 19.7 Å². The highest BCUT2D eigenvalue weighted by Gasteiger charge is 2.23. The fourth-order valence-electron chi connectivity index (χ4n) is 1.33. The molecule has 92 valence electrons. The molecule has 0 amide bonds. The van der Waals surface area contributed by atoms with Crippen molar-refractivity contribution in [1.82, 2.24) is 0 Å². The van der Waals surface area contributed by atoms with Crippen LogP contribution in [0.25, 0.3) is 0 Å². The summed E-state index contributed by atoms with van der Waals surface area (Å²) >= 11 is 0. The van der Waals surface area contributed by atoms with E-state index in [2.05, 4.69) is 0 Å². The van der Waals surface area contributed by atoms with E-state index in [1.54, 1.807) is 0 Å². The van der Waals surface area contributed by atoms with E-state index in [1.807, 2.05) is 20.8 Å². The smallest absolute Gasteiger partial charge is 0.189 e. The maximum atomic E-state index is 10.6. The summed E-state index contributed by atoms with van der Waals surface area (Å²) in [7, 11) is -2.52. The summed E-state index contributed by atoms with van der Waals surface area (Å²) in [5.74, 6) is -0.168. The van der Waals surface area contributed by atoms with E-state index in [0.29, 0.717) is 12.8 Å². The minimum Gasteiger partial charge on any atom is -0.396 e. The summed E-state index contributed by atoms with van der Waals surface area (Å²) in [6.45, 7) is 5.75. The fourth-order valence-corrected chi connectivity index (χ4v) is 2.16. The Labute approximate surface area is 92.2 Å². The second-order valence-corrected chi connectivity index (χ2v) is 6.30. The molecule has 0 bridgehead atoms. The van der Waals surface area contributed by atoms with Crippen molar-refractivity contribution in [2.75, 3.05) is 12.8 Å². The lowest BCUT2D eigenvalue weighted by molar-refractivity contribution is 0.0479. The number of aliphatic hydroxyl groups is 2. The first-order valence-electron chi connectivity index (χ1n) is 5.28. The molecule has 15 heavy (non-hydrogen) atoms. The molecule has 0 aliphatic heterocycles. The van der Waals surface area contributed by atoms with E-state index in [-0.39, 0.29) is 24.1 Å². The van der Waals surface area contributed by atoms with Crippen molar-refractivity contribution in [2.45, 2.75) is 39.7 Å². The molecule has 0 heterocycles. The van der Waals surface area contributed by atoms with Gasteiger partial charge in [0.05, 0.1) is 6.10 Å². The molecule has 3 atom stereocenters. The minimum atomic E-state index is -2.52. The van der Waals surface area contributed by atoms with Crippen LogP contribution < -0.4 is 0 Å². The van der Waals surface area contributed by atoms with Gasteiger partial charge in [-0.1, -0.05) is 20.8 Å². The zero-order chi connectivity index (χ0) is 12.1. The number of hydrogen-bond donors (Lipinski definition) is 3. The van der Waals surface area contributed by atoms with Gasteiger partial charge in [-0.3, -0.25) is 4.57 Å². The molecule has 0 radical (unpaired) electrons. The average Bonchev–Trinajstić information content (AvgIpc) is 2.09. The van der Waals surface area contributed by atoms with Crippen molar-refractivity contribution in [3.05, 3.63) is 0 Å². The molecule has 3 unspecified atom stereocenters. The van der Waals surface area contributed by atoms with Gasteiger partial charge >= 0.3 is 0 Å². The standard InChI is InChI=1S/C10H23O4P/c1-10(2,3)9(12)5-4-8(6-11)7-15(13)14/h8-9,11-12,15H,4-7H2,1-3H3,(H,13,14). The predicted molar refractivity (Wildman–Crippen MR) is 61.4 cm³/mol. The van der Waals surface area contributed by atoms with Gasteiger partial charge < -0.3 is 15.1 Å². The predicted octanol–water partition coefficient (Wildman–Crippen LogP) is 1.25. The molecule has 3 N–H and O–H groups in total. The Hall–Kier alpha value is 0.110. The highest BCUT2D eigenvalue weighted by molar-refractivity contribution is 7.38. The Bertz CT molecular complexity index is 200. The monoisotopic (exact) mass is 238 g/mol. The normalized spacial score (nSPS) is 18.5. The van der Waals surface area contributed by atoms with Crippen molar-refractivity contribution in [3.8, 4) is 0 Å². The molecular weight excluding hydrogens is 215 g/mol. The van der Waals surface area contributed by atoms with Gasteiger partial charge in [0.25, 0.3) is 0 Å². The van der Waals surface area contributed by atoms with Crippen LogP contribution in [0.3, 0.4) is 0 Å². The van der Waals surface area contributed by atoms with E-state index in [0.717, 1.165) is 0 Å². The van der Waals surface area contributed by atoms with Gasteiger partial charge in [0.2, 0.25) is 0 Å². The minimum absolute atomic E-state index is 0.0895. The van der Waals surface area contributed by atoms with Gasteiger partial charge in [0, 0.05) is 12.8 Å². The fraction of sp³-hybridized carbons (Fsp3) is 1.00. The van der Waals surface area contributed by atoms with E-state index in [4.69, 9.17) is 10.00 Å². The van der Waals surface area contributed by atoms with Crippen molar-refractivity contribution in [2.24, 2.45) is 11.3 Å². The molecule has 4 nitrogen and oxygen atoms in total. The van der Waals surface area contributed by atoms with Crippen LogP contribution in [0.4, 0.5) is 0 Å². The van der Waals surface area contributed by atoms with Crippen molar-refractivity contribution in [1.29, 1.82) is 0 Å². The van der Waals surface area contributed by atoms with Crippen LogP contribution in [0.15, 0.2) is 0 Å². The molecular formula is C10H23O4P. The summed E-state index contributed by atoms with van der Waals surface area (Å²) in [4.78, 5) is 8.75. The van der Waals surface area contributed by atoms with Gasteiger partial charge in [-0.15, -0.1) is 0 Å². The highest BCUT2D eigenvalue weighted by atomic mass is 31.1. The third kappa shape index (κ3) is 7.07. The molecule has 0 aliphatic rings. The molecule has 0 aromatic rings. The Balaban J connectivity index is 3.95. The van der Waals surface area contributed by atoms with Crippen LogP contribution in [-0.4, -0.2) is 34.0 Å². The molecule has 0 fully saturated rings. The number of hydrogen-bond acceptors (Lipinski definition) is 3. The third-order valence-electron chi connectivity index (χ3n) is 2.57. The van der Waals surface area contributed by atoms with Crippen LogP contribution in [-0.2, 0) is 4.57 Å². The van der Waals surface area contributed by atoms with Gasteiger partial charge in [-0.05, 0) is 24.2 Å². The first-order chi connectivity index (χ1) is 6.77. The molecule has 0 rings (SSSR count). The first kappa shape index (κ1) is 15.1. The molecule has 0 aromatic heterocycles. The molecule has 0 saturated heterocycles. The third-order valence-corrected chi connectivity index (χ3v) is 3.50. The van der Waals surface area contributed by atoms with Crippen LogP contribution in [0.1, 0.15) is 33.6 Å². The highest BCUT2D eigenvalue weighted by Crippen LogP contribution is 2.26. The second kappa shape index (κ2) is 6.64. The van der Waals surface area contributed by atoms with Crippen LogP contribution >= 0.6 is 8.03 Å². The molecule has 0 saturated carbocycles. The lowest BCUT2D eigenvalue weighted by atomic mass is 9.85. The molecule has 0 aromatic carbocycles. The van der Waals surface area contributed by atoms with Crippen molar-refractivity contribution >= 4 is 8.03 Å². The quantitative estimate of drug-likeness (QED) is 0.608. The summed E-state index contributed by atoms with van der Waals surface area (Å²) in [5, 5.41) is 18.7. The van der Waals surface area contributed by atoms with Gasteiger partial charge in [-0.25, -0.2) is 0 Å². The Morgan fingerprint density at radius 3 is 2.13 bits per heavy atom. The average molecular weight is 238 g/mol. The zero-order valence-electron chi connectivity index (χ0n) is 9.73. The Morgan fingerprint density at radius 1 is 1.27 bits per heavy atom. The Morgan fingerprint density at radius 2 is 1.80 bits per heavy atom. The topological polar surface area (TPSA) is 77.8 Å². The molecule has 5 heteroatoms. The van der Waals surface area contributed by atoms with E-state index < -0.39 is 14.1 Å². The lowest BCUT2D eigenvalue weighted by Crippen LogP contribution is -2.27. The second-order valence-electron chi connectivity index (χ2n) is 5.11. The van der Waals surface area contributed by atoms with Crippen LogP contribution in [0.5, 0.6) is 0 Å². The van der Waals surface area contributed by atoms with E-state index in [1.165, 1.54) is 0 Å².